The van der Waals surface area contributed by atoms with Crippen LogP contribution in [0.4, 0.5) is 0 Å². The number of nitrogens with one attached hydrogen (secondary N) is 2. The van der Waals surface area contributed by atoms with Crippen LogP contribution in [0.1, 0.15) is 42.6 Å². The van der Waals surface area contributed by atoms with E-state index < -0.39 is 5.85 Å². The first-order chi connectivity index (χ1) is 13.9. The Morgan fingerprint density at radius 2 is 2.03 bits per heavy atom. The summed E-state index contributed by atoms with van der Waals surface area (Å²) in [5, 5.41) is 12.2. The zero-order valence-corrected chi connectivity index (χ0v) is 17.0. The summed E-state index contributed by atoms with van der Waals surface area (Å²) in [6, 6.07) is 12.9. The number of ether oxygens (including phenoxy) is 1. The second kappa shape index (κ2) is 6.68. The molecule has 3 aromatic rings. The molecule has 1 saturated carbocycles. The number of rotatable bonds is 6. The van der Waals surface area contributed by atoms with Gasteiger partial charge in [-0.2, -0.15) is 5.10 Å². The highest BCUT2D eigenvalue weighted by molar-refractivity contribution is 5.96. The van der Waals surface area contributed by atoms with Gasteiger partial charge in [0.2, 0.25) is 5.85 Å². The van der Waals surface area contributed by atoms with Crippen LogP contribution in [-0.2, 0) is 10.6 Å². The molecule has 150 valence electrons. The third-order valence-electron chi connectivity index (χ3n) is 5.57. The van der Waals surface area contributed by atoms with Crippen LogP contribution >= 0.6 is 0 Å². The molecule has 1 atom stereocenters. The van der Waals surface area contributed by atoms with Crippen LogP contribution in [0.2, 0.25) is 0 Å². The van der Waals surface area contributed by atoms with Gasteiger partial charge in [0, 0.05) is 23.0 Å². The Morgan fingerprint density at radius 3 is 2.72 bits per heavy atom. The molecule has 0 bridgehead atoms. The molecule has 1 aliphatic carbocycles. The lowest BCUT2D eigenvalue weighted by Crippen LogP contribution is -2.41. The van der Waals surface area contributed by atoms with Gasteiger partial charge in [-0.25, -0.2) is 4.68 Å². The number of hydrogen-bond donors (Lipinski definition) is 2. The SMILES string of the molecule is Cc1ccc(C(=O)NC2CC2)cc1-c1ccc2c(cnn2C2(NC(C)C)CO2)c1. The predicted octanol–water partition coefficient (Wildman–Crippen LogP) is 3.54. The molecule has 5 rings (SSSR count). The Hall–Kier alpha value is -2.70. The third-order valence-corrected chi connectivity index (χ3v) is 5.57. The maximum atomic E-state index is 12.5. The van der Waals surface area contributed by atoms with Crippen molar-refractivity contribution in [3.05, 3.63) is 53.7 Å². The van der Waals surface area contributed by atoms with Crippen LogP contribution in [-0.4, -0.2) is 34.4 Å². The fourth-order valence-corrected chi connectivity index (χ4v) is 3.85. The summed E-state index contributed by atoms with van der Waals surface area (Å²) in [7, 11) is 0. The van der Waals surface area contributed by atoms with E-state index >= 15 is 0 Å². The number of nitrogens with zero attached hydrogens (tertiary/aromatic N) is 2. The number of hydrogen-bond acceptors (Lipinski definition) is 4. The van der Waals surface area contributed by atoms with Gasteiger partial charge in [-0.3, -0.25) is 10.1 Å². The number of epoxide rings is 1. The van der Waals surface area contributed by atoms with Gasteiger partial charge in [-0.1, -0.05) is 12.1 Å². The highest BCUT2D eigenvalue weighted by Crippen LogP contribution is 2.35. The lowest BCUT2D eigenvalue weighted by Gasteiger charge is -2.18. The van der Waals surface area contributed by atoms with Crippen molar-refractivity contribution < 1.29 is 9.53 Å². The molecule has 6 nitrogen and oxygen atoms in total. The molecule has 29 heavy (non-hydrogen) atoms. The van der Waals surface area contributed by atoms with Gasteiger partial charge in [0.05, 0.1) is 11.7 Å². The van der Waals surface area contributed by atoms with E-state index in [1.165, 1.54) is 0 Å². The predicted molar refractivity (Wildman–Crippen MR) is 113 cm³/mol. The maximum absolute atomic E-state index is 12.5. The molecule has 0 spiro atoms. The van der Waals surface area contributed by atoms with E-state index in [1.54, 1.807) is 0 Å². The summed E-state index contributed by atoms with van der Waals surface area (Å²) in [5.41, 5.74) is 5.03. The van der Waals surface area contributed by atoms with Crippen molar-refractivity contribution in [1.82, 2.24) is 20.4 Å². The minimum absolute atomic E-state index is 0.00947. The molecule has 2 N–H and O–H groups in total. The topological polar surface area (TPSA) is 71.5 Å². The standard InChI is InChI=1S/C23H26N4O2/c1-14(2)26-23(13-29-23)27-21-9-6-16(10-18(21)12-24-27)20-11-17(5-4-15(20)3)22(28)25-19-7-8-19/h4-6,9-12,14,19,26H,7-8,13H2,1-3H3,(H,25,28). The van der Waals surface area contributed by atoms with Crippen molar-refractivity contribution >= 4 is 16.8 Å². The zero-order chi connectivity index (χ0) is 20.2. The Bertz CT molecular complexity index is 1090. The van der Waals surface area contributed by atoms with E-state index in [1.807, 2.05) is 29.1 Å². The lowest BCUT2D eigenvalue weighted by atomic mass is 9.97. The Kier molecular flexibility index (Phi) is 4.22. The van der Waals surface area contributed by atoms with Gasteiger partial charge in [-0.15, -0.1) is 0 Å². The molecule has 2 aliphatic rings. The van der Waals surface area contributed by atoms with Crippen LogP contribution in [0.3, 0.4) is 0 Å². The number of benzene rings is 2. The van der Waals surface area contributed by atoms with Crippen LogP contribution in [0, 0.1) is 6.92 Å². The molecular formula is C23H26N4O2. The minimum atomic E-state index is -0.534. The molecule has 2 aromatic carbocycles. The fraction of sp³-hybridized carbons (Fsp3) is 0.391. The van der Waals surface area contributed by atoms with E-state index in [4.69, 9.17) is 4.74 Å². The van der Waals surface area contributed by atoms with Crippen molar-refractivity contribution in [2.24, 2.45) is 0 Å². The molecule has 6 heteroatoms. The Balaban J connectivity index is 1.49. The van der Waals surface area contributed by atoms with Crippen LogP contribution in [0.5, 0.6) is 0 Å². The van der Waals surface area contributed by atoms with Gasteiger partial charge in [0.15, 0.2) is 0 Å². The van der Waals surface area contributed by atoms with E-state index in [2.05, 4.69) is 54.7 Å². The number of fused-ring (bicyclic) bond motifs is 1. The molecule has 2 fully saturated rings. The van der Waals surface area contributed by atoms with Crippen molar-refractivity contribution in [2.75, 3.05) is 6.61 Å². The number of amides is 1. The molecular weight excluding hydrogens is 364 g/mol. The summed E-state index contributed by atoms with van der Waals surface area (Å²) in [6.45, 7) is 6.89. The highest BCUT2D eigenvalue weighted by atomic mass is 16.6. The van der Waals surface area contributed by atoms with Crippen LogP contribution in [0.15, 0.2) is 42.6 Å². The molecule has 2 heterocycles. The average Bonchev–Trinajstić information content (AvgIpc) is 3.61. The number of aryl methyl sites for hydroxylation is 1. The normalized spacial score (nSPS) is 21.0. The molecule has 1 unspecified atom stereocenters. The van der Waals surface area contributed by atoms with Crippen LogP contribution in [0.25, 0.3) is 22.0 Å². The second-order valence-electron chi connectivity index (χ2n) is 8.48. The number of aromatic nitrogens is 2. The van der Waals surface area contributed by atoms with Crippen molar-refractivity contribution in [2.45, 2.75) is 51.5 Å². The monoisotopic (exact) mass is 390 g/mol. The first-order valence-corrected chi connectivity index (χ1v) is 10.3. The van der Waals surface area contributed by atoms with E-state index in [0.717, 1.165) is 40.4 Å². The van der Waals surface area contributed by atoms with Gasteiger partial charge in [-0.05, 0) is 74.6 Å². The maximum Gasteiger partial charge on any atom is 0.251 e. The summed E-state index contributed by atoms with van der Waals surface area (Å²) < 4.78 is 7.65. The molecule has 1 aliphatic heterocycles. The second-order valence-corrected chi connectivity index (χ2v) is 8.48. The first kappa shape index (κ1) is 18.3. The fourth-order valence-electron chi connectivity index (χ4n) is 3.85. The molecule has 1 aromatic heterocycles. The third kappa shape index (κ3) is 3.43. The van der Waals surface area contributed by atoms with E-state index in [0.29, 0.717) is 24.3 Å². The van der Waals surface area contributed by atoms with E-state index in [-0.39, 0.29) is 5.91 Å². The average molecular weight is 390 g/mol. The van der Waals surface area contributed by atoms with Gasteiger partial charge < -0.3 is 10.1 Å². The lowest BCUT2D eigenvalue weighted by molar-refractivity contribution is 0.0951. The molecule has 0 radical (unpaired) electrons. The highest BCUT2D eigenvalue weighted by Gasteiger charge is 2.49. The van der Waals surface area contributed by atoms with Crippen LogP contribution < -0.4 is 10.6 Å². The summed E-state index contributed by atoms with van der Waals surface area (Å²) >= 11 is 0. The van der Waals surface area contributed by atoms with Gasteiger partial charge in [0.25, 0.3) is 5.91 Å². The van der Waals surface area contributed by atoms with Crippen molar-refractivity contribution in [1.29, 1.82) is 0 Å². The minimum Gasteiger partial charge on any atom is -0.349 e. The largest absolute Gasteiger partial charge is 0.349 e. The quantitative estimate of drug-likeness (QED) is 0.632. The summed E-state index contributed by atoms with van der Waals surface area (Å²) in [5.74, 6) is -0.524. The molecule has 1 amide bonds. The van der Waals surface area contributed by atoms with E-state index in [9.17, 15) is 4.79 Å². The molecule has 1 saturated heterocycles. The summed E-state index contributed by atoms with van der Waals surface area (Å²) in [6.07, 6.45) is 4.05. The van der Waals surface area contributed by atoms with Gasteiger partial charge >= 0.3 is 0 Å². The number of carbonyl (C=O) groups is 1. The first-order valence-electron chi connectivity index (χ1n) is 10.3. The van der Waals surface area contributed by atoms with Gasteiger partial charge in [0.1, 0.15) is 6.61 Å². The number of carbonyl (C=O) groups excluding carboxylic acids is 1. The van der Waals surface area contributed by atoms with Crippen molar-refractivity contribution in [3.63, 3.8) is 0 Å². The Morgan fingerprint density at radius 1 is 1.24 bits per heavy atom. The smallest absolute Gasteiger partial charge is 0.251 e. The van der Waals surface area contributed by atoms with Crippen molar-refractivity contribution in [3.8, 4) is 11.1 Å². The summed E-state index contributed by atoms with van der Waals surface area (Å²) in [4.78, 5) is 12.5. The zero-order valence-electron chi connectivity index (χ0n) is 17.0. The Labute approximate surface area is 170 Å².